The third-order valence-electron chi connectivity index (χ3n) is 6.82. The smallest absolute Gasteiger partial charge is 0.253 e. The first-order valence-corrected chi connectivity index (χ1v) is 10.7. The van der Waals surface area contributed by atoms with Crippen molar-refractivity contribution < 1.29 is 9.59 Å². The predicted octanol–water partition coefficient (Wildman–Crippen LogP) is 2.10. The lowest BCUT2D eigenvalue weighted by Crippen LogP contribution is -2.61. The zero-order chi connectivity index (χ0) is 19.6. The minimum atomic E-state index is -0.453. The number of piperidine rings is 2. The SMILES string of the molecule is CN1CCCNC(=O)C12CCN(C(=O)c1ccc(N3CCCCC3)cc1)CC2. The number of likely N-dealkylation sites (tertiary alicyclic amines) is 1. The Kier molecular flexibility index (Phi) is 5.58. The van der Waals surface area contributed by atoms with Crippen molar-refractivity contribution in [3.8, 4) is 0 Å². The van der Waals surface area contributed by atoms with E-state index in [1.54, 1.807) is 0 Å². The molecule has 1 aromatic carbocycles. The van der Waals surface area contributed by atoms with Crippen LogP contribution in [-0.2, 0) is 4.79 Å². The van der Waals surface area contributed by atoms with Crippen LogP contribution >= 0.6 is 0 Å². The van der Waals surface area contributed by atoms with E-state index in [1.807, 2.05) is 24.1 Å². The Hall–Kier alpha value is -2.08. The highest BCUT2D eigenvalue weighted by Crippen LogP contribution is 2.31. The Morgan fingerprint density at radius 2 is 1.61 bits per heavy atom. The standard InChI is InChI=1S/C22H32N4O2/c1-24-13-5-12-23-21(28)22(24)10-16-26(17-11-22)20(27)18-6-8-19(9-7-18)25-14-3-2-4-15-25/h6-9H,2-5,10-17H2,1H3,(H,23,28). The predicted molar refractivity (Wildman–Crippen MR) is 111 cm³/mol. The van der Waals surface area contributed by atoms with Crippen molar-refractivity contribution in [2.45, 2.75) is 44.1 Å². The number of hydrogen-bond donors (Lipinski definition) is 1. The second-order valence-corrected chi connectivity index (χ2v) is 8.45. The summed E-state index contributed by atoms with van der Waals surface area (Å²) in [6, 6.07) is 8.08. The molecule has 28 heavy (non-hydrogen) atoms. The molecule has 152 valence electrons. The number of carbonyl (C=O) groups excluding carboxylic acids is 2. The van der Waals surface area contributed by atoms with E-state index >= 15 is 0 Å². The molecule has 4 rings (SSSR count). The molecule has 3 heterocycles. The Labute approximate surface area is 167 Å². The Bertz CT molecular complexity index is 704. The molecule has 0 bridgehead atoms. The van der Waals surface area contributed by atoms with E-state index in [0.717, 1.165) is 38.2 Å². The average Bonchev–Trinajstić information content (AvgIpc) is 2.88. The molecule has 1 aromatic rings. The van der Waals surface area contributed by atoms with Gasteiger partial charge in [0.05, 0.1) is 0 Å². The molecule has 6 nitrogen and oxygen atoms in total. The summed E-state index contributed by atoms with van der Waals surface area (Å²) in [5.41, 5.74) is 1.51. The summed E-state index contributed by atoms with van der Waals surface area (Å²) in [6.07, 6.45) is 6.20. The topological polar surface area (TPSA) is 55.9 Å². The largest absolute Gasteiger partial charge is 0.372 e. The van der Waals surface area contributed by atoms with Crippen molar-refractivity contribution in [3.05, 3.63) is 29.8 Å². The quantitative estimate of drug-likeness (QED) is 0.849. The maximum atomic E-state index is 13.0. The summed E-state index contributed by atoms with van der Waals surface area (Å²) >= 11 is 0. The molecule has 3 saturated heterocycles. The second kappa shape index (κ2) is 8.11. The lowest BCUT2D eigenvalue weighted by atomic mass is 9.85. The number of nitrogens with one attached hydrogen (secondary N) is 1. The van der Waals surface area contributed by atoms with Gasteiger partial charge in [-0.15, -0.1) is 0 Å². The van der Waals surface area contributed by atoms with Crippen LogP contribution in [0, 0.1) is 0 Å². The summed E-state index contributed by atoms with van der Waals surface area (Å²) in [6.45, 7) is 5.14. The second-order valence-electron chi connectivity index (χ2n) is 8.45. The van der Waals surface area contributed by atoms with E-state index < -0.39 is 5.54 Å². The summed E-state index contributed by atoms with van der Waals surface area (Å²) in [7, 11) is 2.04. The molecule has 3 aliphatic heterocycles. The van der Waals surface area contributed by atoms with E-state index in [-0.39, 0.29) is 11.8 Å². The zero-order valence-electron chi connectivity index (χ0n) is 17.0. The van der Waals surface area contributed by atoms with Gasteiger partial charge >= 0.3 is 0 Å². The maximum absolute atomic E-state index is 13.0. The molecule has 3 aliphatic rings. The monoisotopic (exact) mass is 384 g/mol. The van der Waals surface area contributed by atoms with Crippen molar-refractivity contribution in [3.63, 3.8) is 0 Å². The zero-order valence-corrected chi connectivity index (χ0v) is 17.0. The van der Waals surface area contributed by atoms with Crippen molar-refractivity contribution in [2.75, 3.05) is 51.2 Å². The fourth-order valence-electron chi connectivity index (χ4n) is 4.91. The van der Waals surface area contributed by atoms with Crippen LogP contribution in [0.15, 0.2) is 24.3 Å². The summed E-state index contributed by atoms with van der Waals surface area (Å²) in [5.74, 6) is 0.210. The number of hydrogen-bond acceptors (Lipinski definition) is 4. The number of carbonyl (C=O) groups is 2. The molecule has 1 N–H and O–H groups in total. The number of likely N-dealkylation sites (N-methyl/N-ethyl adjacent to an activating group) is 1. The van der Waals surface area contributed by atoms with Gasteiger partial charge in [0, 0.05) is 50.5 Å². The lowest BCUT2D eigenvalue weighted by Gasteiger charge is -2.45. The van der Waals surface area contributed by atoms with Gasteiger partial charge in [0.15, 0.2) is 0 Å². The number of amides is 2. The number of benzene rings is 1. The molecule has 3 fully saturated rings. The third kappa shape index (κ3) is 3.62. The first-order chi connectivity index (χ1) is 13.6. The normalized spacial score (nSPS) is 23.4. The molecular weight excluding hydrogens is 352 g/mol. The average molecular weight is 385 g/mol. The van der Waals surface area contributed by atoms with Crippen LogP contribution < -0.4 is 10.2 Å². The van der Waals surface area contributed by atoms with Crippen LogP contribution in [0.1, 0.15) is 48.9 Å². The number of rotatable bonds is 2. The number of nitrogens with zero attached hydrogens (tertiary/aromatic N) is 3. The van der Waals surface area contributed by atoms with Crippen molar-refractivity contribution in [2.24, 2.45) is 0 Å². The number of anilines is 1. The fraction of sp³-hybridized carbons (Fsp3) is 0.636. The highest BCUT2D eigenvalue weighted by molar-refractivity contribution is 5.95. The summed E-state index contributed by atoms with van der Waals surface area (Å²) < 4.78 is 0. The van der Waals surface area contributed by atoms with E-state index in [0.29, 0.717) is 25.9 Å². The van der Waals surface area contributed by atoms with Crippen LogP contribution in [0.5, 0.6) is 0 Å². The third-order valence-corrected chi connectivity index (χ3v) is 6.82. The van der Waals surface area contributed by atoms with E-state index in [1.165, 1.54) is 24.9 Å². The minimum absolute atomic E-state index is 0.0803. The first kappa shape index (κ1) is 19.2. The Morgan fingerprint density at radius 3 is 2.29 bits per heavy atom. The molecule has 6 heteroatoms. The van der Waals surface area contributed by atoms with Crippen LogP contribution in [0.25, 0.3) is 0 Å². The van der Waals surface area contributed by atoms with Gasteiger partial charge in [-0.25, -0.2) is 0 Å². The fourth-order valence-corrected chi connectivity index (χ4v) is 4.91. The van der Waals surface area contributed by atoms with Crippen LogP contribution in [0.2, 0.25) is 0 Å². The van der Waals surface area contributed by atoms with Gasteiger partial charge in [0.25, 0.3) is 5.91 Å². The van der Waals surface area contributed by atoms with Crippen LogP contribution in [-0.4, -0.2) is 73.5 Å². The highest BCUT2D eigenvalue weighted by Gasteiger charge is 2.46. The molecule has 0 atom stereocenters. The van der Waals surface area contributed by atoms with Crippen molar-refractivity contribution in [1.29, 1.82) is 0 Å². The Balaban J connectivity index is 1.40. The molecule has 2 amide bonds. The molecule has 0 saturated carbocycles. The van der Waals surface area contributed by atoms with Gasteiger partial charge in [-0.05, 0) is 69.8 Å². The molecular formula is C22H32N4O2. The molecule has 1 spiro atoms. The van der Waals surface area contributed by atoms with E-state index in [2.05, 4.69) is 27.2 Å². The van der Waals surface area contributed by atoms with Gasteiger partial charge in [0.1, 0.15) is 5.54 Å². The highest BCUT2D eigenvalue weighted by atomic mass is 16.2. The lowest BCUT2D eigenvalue weighted by molar-refractivity contribution is -0.134. The molecule has 0 unspecified atom stereocenters. The summed E-state index contributed by atoms with van der Waals surface area (Å²) in [5, 5.41) is 3.06. The van der Waals surface area contributed by atoms with Gasteiger partial charge < -0.3 is 15.1 Å². The Morgan fingerprint density at radius 1 is 0.929 bits per heavy atom. The summed E-state index contributed by atoms with van der Waals surface area (Å²) in [4.78, 5) is 32.2. The van der Waals surface area contributed by atoms with Gasteiger partial charge in [-0.3, -0.25) is 14.5 Å². The van der Waals surface area contributed by atoms with Gasteiger partial charge in [-0.1, -0.05) is 0 Å². The van der Waals surface area contributed by atoms with Crippen LogP contribution in [0.3, 0.4) is 0 Å². The molecule has 0 radical (unpaired) electrons. The van der Waals surface area contributed by atoms with Gasteiger partial charge in [-0.2, -0.15) is 0 Å². The van der Waals surface area contributed by atoms with Crippen molar-refractivity contribution >= 4 is 17.5 Å². The minimum Gasteiger partial charge on any atom is -0.372 e. The van der Waals surface area contributed by atoms with Gasteiger partial charge in [0.2, 0.25) is 5.91 Å². The molecule has 0 aliphatic carbocycles. The van der Waals surface area contributed by atoms with Crippen LogP contribution in [0.4, 0.5) is 5.69 Å². The molecule has 0 aromatic heterocycles. The van der Waals surface area contributed by atoms with E-state index in [4.69, 9.17) is 0 Å². The first-order valence-electron chi connectivity index (χ1n) is 10.7. The van der Waals surface area contributed by atoms with E-state index in [9.17, 15) is 9.59 Å². The maximum Gasteiger partial charge on any atom is 0.253 e. The van der Waals surface area contributed by atoms with Crippen molar-refractivity contribution in [1.82, 2.24) is 15.1 Å².